The fourth-order valence-corrected chi connectivity index (χ4v) is 7.29. The van der Waals surface area contributed by atoms with Crippen LogP contribution in [0.5, 0.6) is 0 Å². The van der Waals surface area contributed by atoms with Gasteiger partial charge >= 0.3 is 0 Å². The fraction of sp³-hybridized carbons (Fsp3) is 1.00. The minimum atomic E-state index is 0.616. The van der Waals surface area contributed by atoms with Gasteiger partial charge in [0.15, 0.2) is 0 Å². The van der Waals surface area contributed by atoms with Crippen molar-refractivity contribution in [2.24, 2.45) is 47.3 Å². The van der Waals surface area contributed by atoms with E-state index >= 15 is 0 Å². The van der Waals surface area contributed by atoms with Crippen LogP contribution in [0.25, 0.3) is 0 Å². The van der Waals surface area contributed by atoms with E-state index in [4.69, 9.17) is 5.84 Å². The van der Waals surface area contributed by atoms with E-state index in [-0.39, 0.29) is 0 Å². The lowest BCUT2D eigenvalue weighted by molar-refractivity contribution is -0.0684. The molecule has 0 saturated heterocycles. The van der Waals surface area contributed by atoms with Crippen molar-refractivity contribution >= 4 is 0 Å². The Balaban J connectivity index is 1.55. The standard InChI is InChI=1S/C19H34N2/c1-2-14-5-3-4-6-17(14)19(21-20)18-15-8-12-7-13(10-15)11-16(18)9-12/h12-19,21H,2-11,20H2,1H3. The van der Waals surface area contributed by atoms with E-state index in [1.54, 1.807) is 6.42 Å². The first-order valence-electron chi connectivity index (χ1n) is 9.76. The van der Waals surface area contributed by atoms with Gasteiger partial charge in [-0.05, 0) is 80.0 Å². The van der Waals surface area contributed by atoms with Crippen molar-refractivity contribution in [2.45, 2.75) is 77.2 Å². The van der Waals surface area contributed by atoms with E-state index in [0.29, 0.717) is 6.04 Å². The normalized spacial score (nSPS) is 50.3. The topological polar surface area (TPSA) is 38.0 Å². The number of hydrogen-bond donors (Lipinski definition) is 2. The summed E-state index contributed by atoms with van der Waals surface area (Å²) in [7, 11) is 0. The summed E-state index contributed by atoms with van der Waals surface area (Å²) < 4.78 is 0. The Bertz CT molecular complexity index is 339. The van der Waals surface area contributed by atoms with Crippen molar-refractivity contribution < 1.29 is 0 Å². The van der Waals surface area contributed by atoms with Gasteiger partial charge < -0.3 is 0 Å². The highest BCUT2D eigenvalue weighted by Gasteiger charge is 2.52. The van der Waals surface area contributed by atoms with E-state index in [1.165, 1.54) is 57.8 Å². The van der Waals surface area contributed by atoms with Crippen LogP contribution in [-0.2, 0) is 0 Å². The van der Waals surface area contributed by atoms with Crippen LogP contribution in [0.15, 0.2) is 0 Å². The quantitative estimate of drug-likeness (QED) is 0.604. The molecule has 0 aliphatic heterocycles. The Labute approximate surface area is 130 Å². The van der Waals surface area contributed by atoms with Crippen molar-refractivity contribution in [3.63, 3.8) is 0 Å². The molecule has 5 saturated carbocycles. The Morgan fingerprint density at radius 3 is 2.14 bits per heavy atom. The number of hydrazine groups is 1. The molecule has 5 aliphatic carbocycles. The molecule has 4 bridgehead atoms. The Morgan fingerprint density at radius 2 is 1.57 bits per heavy atom. The maximum absolute atomic E-state index is 6.15. The molecular formula is C19H34N2. The van der Waals surface area contributed by atoms with E-state index in [0.717, 1.165) is 41.4 Å². The van der Waals surface area contributed by atoms with Crippen molar-refractivity contribution in [2.75, 3.05) is 0 Å². The minimum Gasteiger partial charge on any atom is -0.271 e. The third-order valence-electron chi connectivity index (χ3n) is 7.86. The molecule has 0 spiro atoms. The first-order valence-corrected chi connectivity index (χ1v) is 9.76. The predicted octanol–water partition coefficient (Wildman–Crippen LogP) is 4.11. The summed E-state index contributed by atoms with van der Waals surface area (Å²) in [5.41, 5.74) is 3.36. The molecule has 5 rings (SSSR count). The van der Waals surface area contributed by atoms with Crippen molar-refractivity contribution in [1.82, 2.24) is 5.43 Å². The highest BCUT2D eigenvalue weighted by molar-refractivity contribution is 5.03. The van der Waals surface area contributed by atoms with Gasteiger partial charge in [0.05, 0.1) is 0 Å². The van der Waals surface area contributed by atoms with E-state index < -0.39 is 0 Å². The monoisotopic (exact) mass is 290 g/mol. The molecule has 3 unspecified atom stereocenters. The smallest absolute Gasteiger partial charge is 0.0274 e. The number of nitrogens with two attached hydrogens (primary N) is 1. The van der Waals surface area contributed by atoms with Gasteiger partial charge in [-0.3, -0.25) is 11.3 Å². The summed E-state index contributed by atoms with van der Waals surface area (Å²) in [6.45, 7) is 2.40. The van der Waals surface area contributed by atoms with Crippen LogP contribution in [0.1, 0.15) is 71.1 Å². The molecule has 3 atom stereocenters. The lowest BCUT2D eigenvalue weighted by atomic mass is 9.49. The fourth-order valence-electron chi connectivity index (χ4n) is 7.29. The van der Waals surface area contributed by atoms with E-state index in [1.807, 2.05) is 0 Å². The summed E-state index contributed by atoms with van der Waals surface area (Å²) in [4.78, 5) is 0. The SMILES string of the molecule is CCC1CCCCC1C(NN)C1C2CC3CC(C2)CC1C3. The highest BCUT2D eigenvalue weighted by atomic mass is 15.2. The van der Waals surface area contributed by atoms with Gasteiger partial charge in [-0.15, -0.1) is 0 Å². The van der Waals surface area contributed by atoms with Gasteiger partial charge in [0.1, 0.15) is 0 Å². The second-order valence-electron chi connectivity index (χ2n) is 8.82. The number of nitrogens with one attached hydrogen (secondary N) is 1. The molecular weight excluding hydrogens is 256 g/mol. The third kappa shape index (κ3) is 2.47. The molecule has 0 aromatic heterocycles. The Morgan fingerprint density at radius 1 is 0.952 bits per heavy atom. The van der Waals surface area contributed by atoms with Crippen LogP contribution in [0.2, 0.25) is 0 Å². The Hall–Kier alpha value is -0.0800. The van der Waals surface area contributed by atoms with E-state index in [2.05, 4.69) is 12.3 Å². The molecule has 2 nitrogen and oxygen atoms in total. The van der Waals surface area contributed by atoms with Gasteiger partial charge in [0, 0.05) is 6.04 Å². The van der Waals surface area contributed by atoms with Gasteiger partial charge in [-0.1, -0.05) is 32.6 Å². The first kappa shape index (κ1) is 14.5. The third-order valence-corrected chi connectivity index (χ3v) is 7.86. The molecule has 0 aromatic carbocycles. The van der Waals surface area contributed by atoms with Crippen molar-refractivity contribution in [1.29, 1.82) is 0 Å². The van der Waals surface area contributed by atoms with Crippen LogP contribution < -0.4 is 11.3 Å². The van der Waals surface area contributed by atoms with Gasteiger partial charge in [-0.2, -0.15) is 0 Å². The lowest BCUT2D eigenvalue weighted by Crippen LogP contribution is -2.58. The van der Waals surface area contributed by atoms with Crippen LogP contribution in [0.3, 0.4) is 0 Å². The highest BCUT2D eigenvalue weighted by Crippen LogP contribution is 2.58. The summed E-state index contributed by atoms with van der Waals surface area (Å²) in [5, 5.41) is 0. The van der Waals surface area contributed by atoms with Gasteiger partial charge in [0.2, 0.25) is 0 Å². The summed E-state index contributed by atoms with van der Waals surface area (Å²) in [6, 6.07) is 0.616. The molecule has 2 heteroatoms. The van der Waals surface area contributed by atoms with Crippen LogP contribution in [0, 0.1) is 41.4 Å². The number of hydrogen-bond acceptors (Lipinski definition) is 2. The van der Waals surface area contributed by atoms with Crippen LogP contribution in [0.4, 0.5) is 0 Å². The summed E-state index contributed by atoms with van der Waals surface area (Å²) >= 11 is 0. The van der Waals surface area contributed by atoms with Gasteiger partial charge in [-0.25, -0.2) is 0 Å². The second-order valence-corrected chi connectivity index (χ2v) is 8.82. The zero-order valence-corrected chi connectivity index (χ0v) is 13.8. The molecule has 5 aliphatic rings. The largest absolute Gasteiger partial charge is 0.271 e. The van der Waals surface area contributed by atoms with Gasteiger partial charge in [0.25, 0.3) is 0 Å². The molecule has 0 amide bonds. The zero-order chi connectivity index (χ0) is 14.4. The minimum absolute atomic E-state index is 0.616. The molecule has 21 heavy (non-hydrogen) atoms. The predicted molar refractivity (Wildman–Crippen MR) is 87.4 cm³/mol. The van der Waals surface area contributed by atoms with Crippen molar-refractivity contribution in [3.8, 4) is 0 Å². The first-order chi connectivity index (χ1) is 10.3. The maximum Gasteiger partial charge on any atom is 0.0274 e. The average Bonchev–Trinajstić information content (AvgIpc) is 2.50. The molecule has 0 radical (unpaired) electrons. The van der Waals surface area contributed by atoms with E-state index in [9.17, 15) is 0 Å². The lowest BCUT2D eigenvalue weighted by Gasteiger charge is -2.58. The Kier molecular flexibility index (Phi) is 4.04. The molecule has 0 heterocycles. The number of rotatable bonds is 4. The molecule has 120 valence electrons. The molecule has 0 aromatic rings. The molecule has 3 N–H and O–H groups in total. The average molecular weight is 290 g/mol. The van der Waals surface area contributed by atoms with Crippen molar-refractivity contribution in [3.05, 3.63) is 0 Å². The summed E-state index contributed by atoms with van der Waals surface area (Å²) in [5.74, 6) is 13.0. The zero-order valence-electron chi connectivity index (χ0n) is 13.8. The maximum atomic E-state index is 6.15. The van der Waals surface area contributed by atoms with Crippen LogP contribution in [-0.4, -0.2) is 6.04 Å². The molecule has 5 fully saturated rings. The van der Waals surface area contributed by atoms with Crippen LogP contribution >= 0.6 is 0 Å². The summed E-state index contributed by atoms with van der Waals surface area (Å²) in [6.07, 6.45) is 14.8. The second kappa shape index (κ2) is 5.85.